The number of aromatic nitrogens is 2. The van der Waals surface area contributed by atoms with E-state index in [0.717, 1.165) is 12.6 Å². The molecule has 10 heavy (non-hydrogen) atoms. The molecule has 1 heterocycles. The van der Waals surface area contributed by atoms with Gasteiger partial charge in [-0.05, 0) is 0 Å². The highest BCUT2D eigenvalue weighted by atomic mass is 32.2. The maximum Gasteiger partial charge on any atom is 0.192 e. The maximum absolute atomic E-state index is 10.7. The summed E-state index contributed by atoms with van der Waals surface area (Å²) >= 11 is 0. The number of nitrogens with zero attached hydrogens (tertiary/aromatic N) is 2. The highest BCUT2D eigenvalue weighted by Crippen LogP contribution is 1.99. The van der Waals surface area contributed by atoms with Crippen LogP contribution in [0.4, 0.5) is 0 Å². The minimum Gasteiger partial charge on any atom is -0.235 e. The third-order valence-electron chi connectivity index (χ3n) is 0.885. The SMILES string of the molecule is CS(=O)(=O)c1c[c]ncn1. The molecule has 4 nitrogen and oxygen atoms in total. The zero-order chi connectivity index (χ0) is 7.61. The van der Waals surface area contributed by atoms with Gasteiger partial charge in [0.05, 0.1) is 6.20 Å². The molecular weight excluding hydrogens is 152 g/mol. The van der Waals surface area contributed by atoms with Gasteiger partial charge < -0.3 is 0 Å². The second kappa shape index (κ2) is 2.34. The lowest BCUT2D eigenvalue weighted by molar-refractivity contribution is 0.598. The monoisotopic (exact) mass is 157 g/mol. The first-order valence-corrected chi connectivity index (χ1v) is 4.38. The molecule has 0 unspecified atom stereocenters. The van der Waals surface area contributed by atoms with Gasteiger partial charge in [0, 0.05) is 12.3 Å². The van der Waals surface area contributed by atoms with E-state index in [1.165, 1.54) is 6.07 Å². The van der Waals surface area contributed by atoms with Crippen LogP contribution >= 0.6 is 0 Å². The van der Waals surface area contributed by atoms with Crippen molar-refractivity contribution in [1.29, 1.82) is 0 Å². The molecule has 0 amide bonds. The Morgan fingerprint density at radius 2 is 2.30 bits per heavy atom. The highest BCUT2D eigenvalue weighted by Gasteiger charge is 2.05. The lowest BCUT2D eigenvalue weighted by atomic mass is 10.7. The molecule has 0 saturated carbocycles. The maximum atomic E-state index is 10.7. The molecule has 1 aromatic rings. The Morgan fingerprint density at radius 3 is 2.60 bits per heavy atom. The van der Waals surface area contributed by atoms with Crippen LogP contribution in [0, 0.1) is 6.20 Å². The van der Waals surface area contributed by atoms with Crippen molar-refractivity contribution < 1.29 is 8.42 Å². The second-order valence-electron chi connectivity index (χ2n) is 1.76. The number of rotatable bonds is 1. The minimum atomic E-state index is -3.19. The summed E-state index contributed by atoms with van der Waals surface area (Å²) in [6, 6.07) is 1.23. The summed E-state index contributed by atoms with van der Waals surface area (Å²) in [5, 5.41) is 0.00231. The lowest BCUT2D eigenvalue weighted by Crippen LogP contribution is -1.99. The molecule has 0 fully saturated rings. The average Bonchev–Trinajstić information content (AvgIpc) is 1.88. The summed E-state index contributed by atoms with van der Waals surface area (Å²) in [6.07, 6.45) is 4.61. The fourth-order valence-electron chi connectivity index (χ4n) is 0.452. The van der Waals surface area contributed by atoms with Crippen LogP contribution in [-0.2, 0) is 9.84 Å². The van der Waals surface area contributed by atoms with Crippen LogP contribution in [-0.4, -0.2) is 24.6 Å². The Kier molecular flexibility index (Phi) is 1.67. The number of hydrogen-bond donors (Lipinski definition) is 0. The molecule has 0 aromatic carbocycles. The molecule has 1 rings (SSSR count). The second-order valence-corrected chi connectivity index (χ2v) is 3.72. The minimum absolute atomic E-state index is 0.00231. The fourth-order valence-corrected chi connectivity index (χ4v) is 0.957. The van der Waals surface area contributed by atoms with E-state index in [4.69, 9.17) is 0 Å². The molecule has 0 aliphatic rings. The van der Waals surface area contributed by atoms with Crippen LogP contribution < -0.4 is 0 Å². The largest absolute Gasteiger partial charge is 0.235 e. The Bertz CT molecular complexity index is 306. The van der Waals surface area contributed by atoms with Crippen LogP contribution in [0.25, 0.3) is 0 Å². The third-order valence-corrected chi connectivity index (χ3v) is 1.87. The van der Waals surface area contributed by atoms with Gasteiger partial charge in [-0.25, -0.2) is 18.4 Å². The van der Waals surface area contributed by atoms with E-state index in [9.17, 15) is 8.42 Å². The van der Waals surface area contributed by atoms with Gasteiger partial charge in [-0.15, -0.1) is 0 Å². The zero-order valence-corrected chi connectivity index (χ0v) is 6.09. The summed E-state index contributed by atoms with van der Waals surface area (Å²) in [7, 11) is -3.19. The summed E-state index contributed by atoms with van der Waals surface area (Å²) in [5.41, 5.74) is 0. The standard InChI is InChI=1S/C5H5N2O2S/c1-10(8,9)5-2-3-6-4-7-5/h2,4H,1H3. The van der Waals surface area contributed by atoms with Crippen molar-refractivity contribution in [2.24, 2.45) is 0 Å². The normalized spacial score (nSPS) is 11.3. The molecule has 0 atom stereocenters. The molecule has 1 radical (unpaired) electrons. The first-order chi connectivity index (χ1) is 4.61. The topological polar surface area (TPSA) is 59.9 Å². The van der Waals surface area contributed by atoms with Crippen LogP contribution in [0.5, 0.6) is 0 Å². The van der Waals surface area contributed by atoms with Crippen LogP contribution in [0.3, 0.4) is 0 Å². The van der Waals surface area contributed by atoms with Crippen LogP contribution in [0.1, 0.15) is 0 Å². The Hall–Kier alpha value is -0.970. The van der Waals surface area contributed by atoms with E-state index in [1.54, 1.807) is 0 Å². The van der Waals surface area contributed by atoms with Gasteiger partial charge in [0.25, 0.3) is 0 Å². The van der Waals surface area contributed by atoms with Gasteiger partial charge in [-0.1, -0.05) is 0 Å². The van der Waals surface area contributed by atoms with Crippen molar-refractivity contribution in [3.05, 3.63) is 18.6 Å². The van der Waals surface area contributed by atoms with Gasteiger partial charge in [0.15, 0.2) is 14.9 Å². The van der Waals surface area contributed by atoms with Gasteiger partial charge in [0.1, 0.15) is 6.33 Å². The zero-order valence-electron chi connectivity index (χ0n) is 5.27. The Labute approximate surface area is 58.9 Å². The van der Waals surface area contributed by atoms with Crippen molar-refractivity contribution in [2.45, 2.75) is 5.03 Å². The smallest absolute Gasteiger partial charge is 0.192 e. The number of sulfone groups is 1. The van der Waals surface area contributed by atoms with Gasteiger partial charge in [0.2, 0.25) is 0 Å². The molecule has 0 saturated heterocycles. The van der Waals surface area contributed by atoms with Gasteiger partial charge in [-0.3, -0.25) is 0 Å². The predicted octanol–water partition coefficient (Wildman–Crippen LogP) is -0.320. The third kappa shape index (κ3) is 1.51. The van der Waals surface area contributed by atoms with Crippen LogP contribution in [0.2, 0.25) is 0 Å². The molecular formula is C5H5N2O2S. The van der Waals surface area contributed by atoms with Crippen molar-refractivity contribution >= 4 is 9.84 Å². The van der Waals surface area contributed by atoms with Gasteiger partial charge >= 0.3 is 0 Å². The van der Waals surface area contributed by atoms with Gasteiger partial charge in [-0.2, -0.15) is 0 Å². The van der Waals surface area contributed by atoms with E-state index in [1.807, 2.05) is 0 Å². The average molecular weight is 157 g/mol. The fraction of sp³-hybridized carbons (Fsp3) is 0.200. The summed E-state index contributed by atoms with van der Waals surface area (Å²) < 4.78 is 21.4. The molecule has 0 bridgehead atoms. The molecule has 5 heteroatoms. The molecule has 0 aliphatic carbocycles. The Morgan fingerprint density at radius 1 is 1.60 bits per heavy atom. The quantitative estimate of drug-likeness (QED) is 0.524. The summed E-state index contributed by atoms with van der Waals surface area (Å²) in [6.45, 7) is 0. The van der Waals surface area contributed by atoms with Crippen LogP contribution in [0.15, 0.2) is 17.4 Å². The number of hydrogen-bond acceptors (Lipinski definition) is 4. The van der Waals surface area contributed by atoms with E-state index < -0.39 is 9.84 Å². The van der Waals surface area contributed by atoms with Crippen molar-refractivity contribution in [3.63, 3.8) is 0 Å². The van der Waals surface area contributed by atoms with E-state index in [-0.39, 0.29) is 5.03 Å². The predicted molar refractivity (Wildman–Crippen MR) is 34.0 cm³/mol. The lowest BCUT2D eigenvalue weighted by Gasteiger charge is -1.91. The molecule has 1 aromatic heterocycles. The van der Waals surface area contributed by atoms with Crippen molar-refractivity contribution in [1.82, 2.24) is 9.97 Å². The van der Waals surface area contributed by atoms with E-state index in [0.29, 0.717) is 0 Å². The highest BCUT2D eigenvalue weighted by molar-refractivity contribution is 7.90. The first-order valence-electron chi connectivity index (χ1n) is 2.49. The summed E-state index contributed by atoms with van der Waals surface area (Å²) in [5.74, 6) is 0. The van der Waals surface area contributed by atoms with Crippen molar-refractivity contribution in [2.75, 3.05) is 6.26 Å². The molecule has 0 N–H and O–H groups in total. The van der Waals surface area contributed by atoms with E-state index >= 15 is 0 Å². The molecule has 53 valence electrons. The Balaban J connectivity index is 3.22. The summed E-state index contributed by atoms with van der Waals surface area (Å²) in [4.78, 5) is 6.98. The van der Waals surface area contributed by atoms with E-state index in [2.05, 4.69) is 16.2 Å². The first kappa shape index (κ1) is 7.14. The van der Waals surface area contributed by atoms with Crippen molar-refractivity contribution in [3.8, 4) is 0 Å². The molecule has 0 aliphatic heterocycles. The molecule has 0 spiro atoms.